The number of halogens is 1. The van der Waals surface area contributed by atoms with Crippen LogP contribution in [0.2, 0.25) is 0 Å². The van der Waals surface area contributed by atoms with Crippen molar-refractivity contribution >= 4 is 28.2 Å². The molecule has 0 aliphatic heterocycles. The molecule has 172 valence electrons. The van der Waals surface area contributed by atoms with E-state index in [1.54, 1.807) is 37.6 Å². The standard InChI is InChI=1S/C21H26N6O3S.ClH/c1-13-3-8-17(31(29,30)26-15-4-6-16(28)7-5-15)10-18(13)14-9-19(21(22)23-11-14)20-12-24-27(2)25-20;/h3,8-12,15-16,26,28H,4-7H2,1-2H3,(H2,22,23);1H. The van der Waals surface area contributed by atoms with Crippen LogP contribution in [0.4, 0.5) is 5.82 Å². The van der Waals surface area contributed by atoms with Crippen molar-refractivity contribution in [3.8, 4) is 22.4 Å². The molecule has 1 aliphatic rings. The zero-order valence-electron chi connectivity index (χ0n) is 17.9. The molecular weight excluding hydrogens is 452 g/mol. The summed E-state index contributed by atoms with van der Waals surface area (Å²) in [6, 6.07) is 6.73. The first-order chi connectivity index (χ1) is 14.7. The van der Waals surface area contributed by atoms with Gasteiger partial charge in [0.15, 0.2) is 0 Å². The van der Waals surface area contributed by atoms with Gasteiger partial charge < -0.3 is 10.8 Å². The molecule has 0 amide bonds. The molecule has 4 N–H and O–H groups in total. The number of rotatable bonds is 5. The molecule has 1 aliphatic carbocycles. The monoisotopic (exact) mass is 478 g/mol. The summed E-state index contributed by atoms with van der Waals surface area (Å²) in [5, 5.41) is 18.0. The molecule has 4 rings (SSSR count). The third kappa shape index (κ3) is 5.09. The molecule has 2 heterocycles. The molecule has 11 heteroatoms. The lowest BCUT2D eigenvalue weighted by molar-refractivity contribution is 0.120. The zero-order valence-corrected chi connectivity index (χ0v) is 19.5. The van der Waals surface area contributed by atoms with Crippen LogP contribution in [0.1, 0.15) is 31.2 Å². The first-order valence-corrected chi connectivity index (χ1v) is 11.6. The number of sulfonamides is 1. The van der Waals surface area contributed by atoms with Gasteiger partial charge in [0.1, 0.15) is 11.5 Å². The number of hydrogen-bond acceptors (Lipinski definition) is 7. The number of hydrogen-bond donors (Lipinski definition) is 3. The Morgan fingerprint density at radius 2 is 1.84 bits per heavy atom. The van der Waals surface area contributed by atoms with Crippen LogP contribution >= 0.6 is 12.4 Å². The third-order valence-corrected chi connectivity index (χ3v) is 7.16. The number of aliphatic hydroxyl groups excluding tert-OH is 1. The summed E-state index contributed by atoms with van der Waals surface area (Å²) in [4.78, 5) is 5.92. The van der Waals surface area contributed by atoms with Crippen LogP contribution in [-0.2, 0) is 17.1 Å². The maximum Gasteiger partial charge on any atom is 0.240 e. The number of nitrogens with one attached hydrogen (secondary N) is 1. The van der Waals surface area contributed by atoms with E-state index in [1.807, 2.05) is 13.0 Å². The van der Waals surface area contributed by atoms with E-state index in [4.69, 9.17) is 5.73 Å². The van der Waals surface area contributed by atoms with E-state index < -0.39 is 10.0 Å². The Morgan fingerprint density at radius 1 is 1.12 bits per heavy atom. The molecule has 1 saturated carbocycles. The van der Waals surface area contributed by atoms with Crippen LogP contribution in [0, 0.1) is 6.92 Å². The maximum absolute atomic E-state index is 13.0. The van der Waals surface area contributed by atoms with E-state index in [-0.39, 0.29) is 29.4 Å². The van der Waals surface area contributed by atoms with E-state index in [0.717, 1.165) is 16.7 Å². The van der Waals surface area contributed by atoms with Gasteiger partial charge in [-0.3, -0.25) is 0 Å². The molecule has 0 atom stereocenters. The number of nitrogens with zero attached hydrogens (tertiary/aromatic N) is 4. The second-order valence-electron chi connectivity index (χ2n) is 7.98. The summed E-state index contributed by atoms with van der Waals surface area (Å²) in [5.41, 5.74) is 9.68. The highest BCUT2D eigenvalue weighted by atomic mass is 35.5. The van der Waals surface area contributed by atoms with Crippen molar-refractivity contribution in [2.24, 2.45) is 7.05 Å². The molecule has 3 aromatic rings. The predicted molar refractivity (Wildman–Crippen MR) is 125 cm³/mol. The fourth-order valence-corrected chi connectivity index (χ4v) is 5.19. The SMILES string of the molecule is Cc1ccc(S(=O)(=O)NC2CCC(O)CC2)cc1-c1cnc(N)c(-c2cnn(C)n2)c1.Cl. The van der Waals surface area contributed by atoms with Crippen LogP contribution in [0.25, 0.3) is 22.4 Å². The number of anilines is 1. The Kier molecular flexibility index (Phi) is 7.19. The quantitative estimate of drug-likeness (QED) is 0.512. The fraction of sp³-hybridized carbons (Fsp3) is 0.381. The number of aliphatic hydroxyl groups is 1. The van der Waals surface area contributed by atoms with Crippen LogP contribution < -0.4 is 10.5 Å². The summed E-state index contributed by atoms with van der Waals surface area (Å²) < 4.78 is 28.8. The molecule has 0 bridgehead atoms. The van der Waals surface area contributed by atoms with Crippen molar-refractivity contribution in [1.29, 1.82) is 0 Å². The summed E-state index contributed by atoms with van der Waals surface area (Å²) in [6.45, 7) is 1.92. The van der Waals surface area contributed by atoms with Crippen molar-refractivity contribution < 1.29 is 13.5 Å². The molecule has 0 saturated heterocycles. The van der Waals surface area contributed by atoms with Gasteiger partial charge in [0.05, 0.1) is 17.2 Å². The topological polar surface area (TPSA) is 136 Å². The average Bonchev–Trinajstić information content (AvgIpc) is 3.16. The van der Waals surface area contributed by atoms with Gasteiger partial charge in [-0.25, -0.2) is 18.1 Å². The van der Waals surface area contributed by atoms with Crippen LogP contribution in [0.15, 0.2) is 41.6 Å². The number of nitrogen functional groups attached to an aromatic ring is 1. The summed E-state index contributed by atoms with van der Waals surface area (Å²) in [5.74, 6) is 0.326. The van der Waals surface area contributed by atoms with Gasteiger partial charge in [-0.1, -0.05) is 6.07 Å². The number of benzene rings is 1. The zero-order chi connectivity index (χ0) is 22.2. The Hall–Kier alpha value is -2.53. The molecule has 1 aromatic carbocycles. The minimum Gasteiger partial charge on any atom is -0.393 e. The van der Waals surface area contributed by atoms with Crippen LogP contribution in [0.5, 0.6) is 0 Å². The van der Waals surface area contributed by atoms with Crippen molar-refractivity contribution in [2.45, 2.75) is 49.6 Å². The number of aryl methyl sites for hydroxylation is 2. The van der Waals surface area contributed by atoms with Crippen molar-refractivity contribution in [2.75, 3.05) is 5.73 Å². The Labute approximate surface area is 193 Å². The van der Waals surface area contributed by atoms with Crippen molar-refractivity contribution in [3.63, 3.8) is 0 Å². The number of pyridine rings is 1. The Balaban J connectivity index is 0.00000289. The normalized spacial score (nSPS) is 18.8. The molecule has 0 radical (unpaired) electrons. The highest BCUT2D eigenvalue weighted by Gasteiger charge is 2.25. The van der Waals surface area contributed by atoms with Crippen LogP contribution in [-0.4, -0.2) is 45.6 Å². The lowest BCUT2D eigenvalue weighted by Crippen LogP contribution is -2.38. The maximum atomic E-state index is 13.0. The average molecular weight is 479 g/mol. The summed E-state index contributed by atoms with van der Waals surface area (Å²) in [6.07, 6.45) is 5.36. The lowest BCUT2D eigenvalue weighted by Gasteiger charge is -2.26. The van der Waals surface area contributed by atoms with E-state index in [1.165, 1.54) is 4.80 Å². The molecule has 1 fully saturated rings. The minimum atomic E-state index is -3.69. The van der Waals surface area contributed by atoms with Gasteiger partial charge in [0.25, 0.3) is 0 Å². The first-order valence-electron chi connectivity index (χ1n) is 10.2. The van der Waals surface area contributed by atoms with Gasteiger partial charge >= 0.3 is 0 Å². The van der Waals surface area contributed by atoms with E-state index in [0.29, 0.717) is 42.8 Å². The Morgan fingerprint density at radius 3 is 2.50 bits per heavy atom. The van der Waals surface area contributed by atoms with Gasteiger partial charge in [0.2, 0.25) is 10.0 Å². The third-order valence-electron chi connectivity index (χ3n) is 5.64. The largest absolute Gasteiger partial charge is 0.393 e. The van der Waals surface area contributed by atoms with Crippen LogP contribution in [0.3, 0.4) is 0 Å². The second kappa shape index (κ2) is 9.53. The summed E-state index contributed by atoms with van der Waals surface area (Å²) in [7, 11) is -1.98. The van der Waals surface area contributed by atoms with E-state index >= 15 is 0 Å². The van der Waals surface area contributed by atoms with E-state index in [2.05, 4.69) is 19.9 Å². The number of aromatic nitrogens is 4. The molecule has 0 spiro atoms. The highest BCUT2D eigenvalue weighted by Crippen LogP contribution is 2.31. The van der Waals surface area contributed by atoms with Gasteiger partial charge in [0, 0.05) is 30.4 Å². The molecule has 0 unspecified atom stereocenters. The van der Waals surface area contributed by atoms with E-state index in [9.17, 15) is 13.5 Å². The van der Waals surface area contributed by atoms with Crippen molar-refractivity contribution in [1.82, 2.24) is 24.7 Å². The molecule has 2 aromatic heterocycles. The smallest absolute Gasteiger partial charge is 0.240 e. The van der Waals surface area contributed by atoms with Gasteiger partial charge in [-0.05, 0) is 61.9 Å². The fourth-order valence-electron chi connectivity index (χ4n) is 3.86. The first kappa shape index (κ1) is 24.1. The second-order valence-corrected chi connectivity index (χ2v) is 9.69. The molecule has 32 heavy (non-hydrogen) atoms. The Bertz CT molecular complexity index is 1210. The van der Waals surface area contributed by atoms with Gasteiger partial charge in [-0.15, -0.1) is 12.4 Å². The predicted octanol–water partition coefficient (Wildman–Crippen LogP) is 2.44. The highest BCUT2D eigenvalue weighted by molar-refractivity contribution is 7.89. The minimum absolute atomic E-state index is 0. The number of nitrogens with two attached hydrogens (primary N) is 1. The summed E-state index contributed by atoms with van der Waals surface area (Å²) >= 11 is 0. The molecule has 9 nitrogen and oxygen atoms in total. The lowest BCUT2D eigenvalue weighted by atomic mass is 9.94. The molecular formula is C21H27ClN6O3S. The van der Waals surface area contributed by atoms with Gasteiger partial charge in [-0.2, -0.15) is 15.0 Å². The van der Waals surface area contributed by atoms with Crippen molar-refractivity contribution in [3.05, 3.63) is 42.2 Å².